The summed E-state index contributed by atoms with van der Waals surface area (Å²) < 4.78 is 5.54. The molecule has 0 saturated carbocycles. The molecule has 0 bridgehead atoms. The van der Waals surface area contributed by atoms with Crippen molar-refractivity contribution < 1.29 is 19.1 Å². The van der Waals surface area contributed by atoms with Gasteiger partial charge in [0.1, 0.15) is 11.6 Å². The number of halogens is 1. The van der Waals surface area contributed by atoms with E-state index in [4.69, 9.17) is 16.3 Å². The molecule has 3 aromatic rings. The van der Waals surface area contributed by atoms with Gasteiger partial charge in [0.05, 0.1) is 18.4 Å². The number of amides is 2. The number of nitrogens with one attached hydrogen (secondary N) is 2. The smallest absolute Gasteiger partial charge is 0.307 e. The maximum absolute atomic E-state index is 13.7. The quantitative estimate of drug-likeness (QED) is 0.213. The molecule has 6 nitrogen and oxygen atoms in total. The zero-order chi connectivity index (χ0) is 32.5. The summed E-state index contributed by atoms with van der Waals surface area (Å²) in [7, 11) is 0. The molecule has 0 fully saturated rings. The Morgan fingerprint density at radius 1 is 0.841 bits per heavy atom. The molecule has 44 heavy (non-hydrogen) atoms. The number of esters is 1. The Hall–Kier alpha value is -3.90. The Bertz CT molecular complexity index is 1440. The minimum Gasteiger partial charge on any atom is -0.460 e. The van der Waals surface area contributed by atoms with E-state index in [1.165, 1.54) is 0 Å². The minimum absolute atomic E-state index is 0.125. The van der Waals surface area contributed by atoms with Crippen LogP contribution >= 0.6 is 11.6 Å². The van der Waals surface area contributed by atoms with Gasteiger partial charge in [0, 0.05) is 10.6 Å². The summed E-state index contributed by atoms with van der Waals surface area (Å²) in [4.78, 5) is 40.0. The highest BCUT2D eigenvalue weighted by molar-refractivity contribution is 6.33. The van der Waals surface area contributed by atoms with Crippen molar-refractivity contribution in [3.8, 4) is 11.1 Å². The van der Waals surface area contributed by atoms with Crippen LogP contribution in [0.4, 0.5) is 0 Å². The van der Waals surface area contributed by atoms with Crippen LogP contribution in [0.5, 0.6) is 0 Å². The third kappa shape index (κ3) is 10.7. The second-order valence-electron chi connectivity index (χ2n) is 13.2. The molecule has 0 aliphatic rings. The van der Waals surface area contributed by atoms with Crippen molar-refractivity contribution in [3.05, 3.63) is 101 Å². The summed E-state index contributed by atoms with van der Waals surface area (Å²) in [5.74, 6) is -1.90. The number of rotatable bonds is 11. The maximum atomic E-state index is 13.7. The van der Waals surface area contributed by atoms with E-state index in [0.29, 0.717) is 5.02 Å². The topological polar surface area (TPSA) is 84.5 Å². The molecule has 0 aliphatic heterocycles. The van der Waals surface area contributed by atoms with Crippen LogP contribution in [0.15, 0.2) is 84.9 Å². The Morgan fingerprint density at radius 2 is 1.45 bits per heavy atom. The Morgan fingerprint density at radius 3 is 2.02 bits per heavy atom. The molecule has 3 unspecified atom stereocenters. The lowest BCUT2D eigenvalue weighted by atomic mass is 9.85. The molecule has 2 amide bonds. The minimum atomic E-state index is -0.824. The molecular weight excluding hydrogens is 572 g/mol. The molecule has 2 N–H and O–H groups in total. The molecule has 234 valence electrons. The van der Waals surface area contributed by atoms with E-state index >= 15 is 0 Å². The molecule has 0 aliphatic carbocycles. The third-order valence-electron chi connectivity index (χ3n) is 7.09. The summed E-state index contributed by atoms with van der Waals surface area (Å²) in [5.41, 5.74) is 2.52. The molecule has 0 spiro atoms. The lowest BCUT2D eigenvalue weighted by Crippen LogP contribution is -2.55. The van der Waals surface area contributed by atoms with E-state index in [1.807, 2.05) is 119 Å². The second kappa shape index (κ2) is 15.2. The van der Waals surface area contributed by atoms with Gasteiger partial charge in [-0.05, 0) is 62.3 Å². The van der Waals surface area contributed by atoms with E-state index in [0.717, 1.165) is 22.3 Å². The Balaban J connectivity index is 1.78. The average molecular weight is 617 g/mol. The van der Waals surface area contributed by atoms with Gasteiger partial charge in [-0.2, -0.15) is 0 Å². The first-order valence-electron chi connectivity index (χ1n) is 15.0. The number of benzene rings is 3. The van der Waals surface area contributed by atoms with Crippen LogP contribution in [0.1, 0.15) is 78.5 Å². The number of hydrogen-bond donors (Lipinski definition) is 2. The molecule has 0 aromatic heterocycles. The average Bonchev–Trinajstić information content (AvgIpc) is 2.94. The van der Waals surface area contributed by atoms with Crippen LogP contribution < -0.4 is 10.6 Å². The number of carbonyl (C=O) groups excluding carboxylic acids is 3. The van der Waals surface area contributed by atoms with Gasteiger partial charge in [0.15, 0.2) is 0 Å². The summed E-state index contributed by atoms with van der Waals surface area (Å²) in [5, 5.41) is 6.60. The van der Waals surface area contributed by atoms with Gasteiger partial charge in [0.2, 0.25) is 11.8 Å². The van der Waals surface area contributed by atoms with Crippen LogP contribution in [0.25, 0.3) is 17.2 Å². The highest BCUT2D eigenvalue weighted by Crippen LogP contribution is 2.29. The van der Waals surface area contributed by atoms with Crippen LogP contribution in [0.3, 0.4) is 0 Å². The Kier molecular flexibility index (Phi) is 12.0. The van der Waals surface area contributed by atoms with Crippen molar-refractivity contribution in [1.29, 1.82) is 0 Å². The number of allylic oxidation sites excluding steroid dienone is 1. The normalized spacial score (nSPS) is 14.0. The summed E-state index contributed by atoms with van der Waals surface area (Å²) in [6.45, 7) is 13.0. The van der Waals surface area contributed by atoms with Crippen LogP contribution in [0.2, 0.25) is 5.02 Å². The maximum Gasteiger partial charge on any atom is 0.307 e. The van der Waals surface area contributed by atoms with Gasteiger partial charge in [0.25, 0.3) is 0 Å². The molecule has 3 aromatic carbocycles. The standard InChI is InChI=1S/C37H45ClN2O4/c1-25(27-16-10-8-11-17-27)39-35(43)33(36(2,3)4)40-34(42)29(24-32(41)44-37(5,6)7)20-14-15-26-21-22-30(31(38)23-26)28-18-12-9-13-19-28/h8-19,21-23,25,29,33H,20,24H2,1-7H3,(H,39,43)(H,40,42)/b15-14+. The predicted molar refractivity (Wildman–Crippen MR) is 179 cm³/mol. The molecular formula is C37H45ClN2O4. The van der Waals surface area contributed by atoms with E-state index in [1.54, 1.807) is 20.8 Å². The van der Waals surface area contributed by atoms with Gasteiger partial charge in [-0.3, -0.25) is 14.4 Å². The second-order valence-corrected chi connectivity index (χ2v) is 13.6. The van der Waals surface area contributed by atoms with Crippen molar-refractivity contribution >= 4 is 35.5 Å². The fraction of sp³-hybridized carbons (Fsp3) is 0.378. The van der Waals surface area contributed by atoms with Crippen LogP contribution in [0, 0.1) is 11.3 Å². The number of carbonyl (C=O) groups is 3. The van der Waals surface area contributed by atoms with Crippen molar-refractivity contribution in [3.63, 3.8) is 0 Å². The predicted octanol–water partition coefficient (Wildman–Crippen LogP) is 8.17. The van der Waals surface area contributed by atoms with Crippen LogP contribution in [-0.4, -0.2) is 29.4 Å². The van der Waals surface area contributed by atoms with Crippen molar-refractivity contribution in [2.45, 2.75) is 79.0 Å². The molecule has 3 rings (SSSR count). The van der Waals surface area contributed by atoms with Gasteiger partial charge in [-0.15, -0.1) is 0 Å². The summed E-state index contributed by atoms with van der Waals surface area (Å²) >= 11 is 6.59. The molecule has 0 heterocycles. The molecule has 7 heteroatoms. The highest BCUT2D eigenvalue weighted by Gasteiger charge is 2.35. The first-order chi connectivity index (χ1) is 20.6. The molecule has 0 saturated heterocycles. The zero-order valence-corrected chi connectivity index (χ0v) is 27.6. The fourth-order valence-electron chi connectivity index (χ4n) is 4.78. The number of hydrogen-bond acceptors (Lipinski definition) is 4. The summed E-state index contributed by atoms with van der Waals surface area (Å²) in [6, 6.07) is 24.3. The van der Waals surface area contributed by atoms with E-state index in [9.17, 15) is 14.4 Å². The van der Waals surface area contributed by atoms with E-state index in [2.05, 4.69) is 10.6 Å². The van der Waals surface area contributed by atoms with E-state index < -0.39 is 28.9 Å². The lowest BCUT2D eigenvalue weighted by Gasteiger charge is -2.32. The van der Waals surface area contributed by atoms with Crippen molar-refractivity contribution in [2.24, 2.45) is 11.3 Å². The first-order valence-corrected chi connectivity index (χ1v) is 15.4. The molecule has 0 radical (unpaired) electrons. The lowest BCUT2D eigenvalue weighted by molar-refractivity contribution is -0.157. The zero-order valence-electron chi connectivity index (χ0n) is 26.8. The summed E-state index contributed by atoms with van der Waals surface area (Å²) in [6.07, 6.45) is 3.87. The number of ether oxygens (including phenoxy) is 1. The fourth-order valence-corrected chi connectivity index (χ4v) is 5.08. The van der Waals surface area contributed by atoms with Gasteiger partial charge >= 0.3 is 5.97 Å². The van der Waals surface area contributed by atoms with E-state index in [-0.39, 0.29) is 30.7 Å². The SMILES string of the molecule is CC(NC(=O)C(NC(=O)C(C/C=C/c1ccc(-c2ccccc2)c(Cl)c1)CC(=O)OC(C)(C)C)C(C)(C)C)c1ccccc1. The molecule has 3 atom stereocenters. The van der Waals surface area contributed by atoms with Gasteiger partial charge in [-0.25, -0.2) is 0 Å². The van der Waals surface area contributed by atoms with Crippen LogP contribution in [-0.2, 0) is 19.1 Å². The largest absolute Gasteiger partial charge is 0.460 e. The highest BCUT2D eigenvalue weighted by atomic mass is 35.5. The monoisotopic (exact) mass is 616 g/mol. The van der Waals surface area contributed by atoms with Crippen molar-refractivity contribution in [1.82, 2.24) is 10.6 Å². The first kappa shape index (κ1) is 34.6. The van der Waals surface area contributed by atoms with Crippen molar-refractivity contribution in [2.75, 3.05) is 0 Å². The Labute approximate surface area is 267 Å². The third-order valence-corrected chi connectivity index (χ3v) is 7.40. The van der Waals surface area contributed by atoms with Gasteiger partial charge < -0.3 is 15.4 Å². The van der Waals surface area contributed by atoms with Gasteiger partial charge in [-0.1, -0.05) is 117 Å².